The predicted octanol–water partition coefficient (Wildman–Crippen LogP) is 0.799. The van der Waals surface area contributed by atoms with Gasteiger partial charge >= 0.3 is 0 Å². The van der Waals surface area contributed by atoms with E-state index in [4.69, 9.17) is 10.5 Å². The van der Waals surface area contributed by atoms with Crippen LogP contribution in [0.15, 0.2) is 0 Å². The molecule has 1 saturated carbocycles. The number of rotatable bonds is 7. The SMILES string of the molecule is CCC(C)(N)COCCC(=O)NC1CC1. The van der Waals surface area contributed by atoms with E-state index < -0.39 is 0 Å². The van der Waals surface area contributed by atoms with Crippen molar-refractivity contribution in [1.29, 1.82) is 0 Å². The number of amides is 1. The first-order valence-corrected chi connectivity index (χ1v) is 5.69. The number of carbonyl (C=O) groups is 1. The summed E-state index contributed by atoms with van der Waals surface area (Å²) in [7, 11) is 0. The summed E-state index contributed by atoms with van der Waals surface area (Å²) in [6, 6.07) is 0.438. The predicted molar refractivity (Wildman–Crippen MR) is 59.5 cm³/mol. The van der Waals surface area contributed by atoms with Crippen LogP contribution in [-0.2, 0) is 9.53 Å². The molecule has 1 unspecified atom stereocenters. The molecule has 4 heteroatoms. The molecule has 0 bridgehead atoms. The van der Waals surface area contributed by atoms with Gasteiger partial charge in [-0.2, -0.15) is 0 Å². The number of nitrogens with two attached hydrogens (primary N) is 1. The van der Waals surface area contributed by atoms with Crippen LogP contribution >= 0.6 is 0 Å². The molecule has 1 amide bonds. The van der Waals surface area contributed by atoms with Crippen LogP contribution in [-0.4, -0.2) is 30.7 Å². The van der Waals surface area contributed by atoms with Gasteiger partial charge in [0.15, 0.2) is 0 Å². The number of nitrogens with one attached hydrogen (secondary N) is 1. The van der Waals surface area contributed by atoms with E-state index in [-0.39, 0.29) is 11.4 Å². The Kier molecular flexibility index (Phi) is 4.54. The summed E-state index contributed by atoms with van der Waals surface area (Å²) in [6.07, 6.45) is 3.57. The van der Waals surface area contributed by atoms with Gasteiger partial charge in [-0.25, -0.2) is 0 Å². The largest absolute Gasteiger partial charge is 0.379 e. The van der Waals surface area contributed by atoms with E-state index in [1.165, 1.54) is 0 Å². The van der Waals surface area contributed by atoms with E-state index in [0.29, 0.717) is 25.7 Å². The molecule has 4 nitrogen and oxygen atoms in total. The van der Waals surface area contributed by atoms with E-state index >= 15 is 0 Å². The Labute approximate surface area is 91.5 Å². The zero-order valence-electron chi connectivity index (χ0n) is 9.71. The maximum Gasteiger partial charge on any atom is 0.222 e. The van der Waals surface area contributed by atoms with Gasteiger partial charge in [-0.05, 0) is 26.2 Å². The molecule has 0 radical (unpaired) electrons. The fourth-order valence-electron chi connectivity index (χ4n) is 1.10. The summed E-state index contributed by atoms with van der Waals surface area (Å²) in [4.78, 5) is 11.3. The lowest BCUT2D eigenvalue weighted by molar-refractivity contribution is -0.122. The molecule has 0 aromatic rings. The Balaban J connectivity index is 1.98. The second kappa shape index (κ2) is 5.47. The molecule has 1 aliphatic carbocycles. The first-order chi connectivity index (χ1) is 7.03. The minimum Gasteiger partial charge on any atom is -0.379 e. The van der Waals surface area contributed by atoms with Crippen LogP contribution in [0.3, 0.4) is 0 Å². The average Bonchev–Trinajstić information content (AvgIpc) is 2.96. The highest BCUT2D eigenvalue weighted by Crippen LogP contribution is 2.18. The lowest BCUT2D eigenvalue weighted by atomic mass is 10.0. The van der Waals surface area contributed by atoms with Gasteiger partial charge in [0.1, 0.15) is 0 Å². The first kappa shape index (κ1) is 12.5. The molecule has 0 aliphatic heterocycles. The van der Waals surface area contributed by atoms with E-state index in [9.17, 15) is 4.79 Å². The molecule has 1 rings (SSSR count). The summed E-state index contributed by atoms with van der Waals surface area (Å²) < 4.78 is 5.38. The molecular weight excluding hydrogens is 192 g/mol. The molecule has 0 saturated heterocycles. The van der Waals surface area contributed by atoms with Crippen LogP contribution in [0.25, 0.3) is 0 Å². The minimum atomic E-state index is -0.271. The lowest BCUT2D eigenvalue weighted by Gasteiger charge is -2.22. The second-order valence-electron chi connectivity index (χ2n) is 4.65. The number of hydrogen-bond acceptors (Lipinski definition) is 3. The van der Waals surface area contributed by atoms with Gasteiger partial charge in [0, 0.05) is 18.0 Å². The number of ether oxygens (including phenoxy) is 1. The molecule has 3 N–H and O–H groups in total. The Morgan fingerprint density at radius 3 is 2.80 bits per heavy atom. The zero-order chi connectivity index (χ0) is 11.3. The topological polar surface area (TPSA) is 64.3 Å². The van der Waals surface area contributed by atoms with E-state index in [2.05, 4.69) is 5.32 Å². The average molecular weight is 214 g/mol. The monoisotopic (exact) mass is 214 g/mol. The molecule has 15 heavy (non-hydrogen) atoms. The van der Waals surface area contributed by atoms with E-state index in [0.717, 1.165) is 19.3 Å². The van der Waals surface area contributed by atoms with Gasteiger partial charge < -0.3 is 15.8 Å². The lowest BCUT2D eigenvalue weighted by Crippen LogP contribution is -2.40. The normalized spacial score (nSPS) is 19.7. The molecule has 1 atom stereocenters. The van der Waals surface area contributed by atoms with Crippen molar-refractivity contribution in [2.24, 2.45) is 5.73 Å². The fourth-order valence-corrected chi connectivity index (χ4v) is 1.10. The smallest absolute Gasteiger partial charge is 0.222 e. The molecule has 0 aromatic carbocycles. The Morgan fingerprint density at radius 1 is 1.60 bits per heavy atom. The fraction of sp³-hybridized carbons (Fsp3) is 0.909. The minimum absolute atomic E-state index is 0.0905. The molecular formula is C11H22N2O2. The standard InChI is InChI=1S/C11H22N2O2/c1-3-11(2,12)8-15-7-6-10(14)13-9-4-5-9/h9H,3-8,12H2,1-2H3,(H,13,14). The van der Waals surface area contributed by atoms with Crippen molar-refractivity contribution < 1.29 is 9.53 Å². The van der Waals surface area contributed by atoms with Crippen LogP contribution in [0.5, 0.6) is 0 Å². The van der Waals surface area contributed by atoms with Gasteiger partial charge in [0.25, 0.3) is 0 Å². The van der Waals surface area contributed by atoms with Crippen LogP contribution < -0.4 is 11.1 Å². The van der Waals surface area contributed by atoms with Crippen molar-refractivity contribution in [3.05, 3.63) is 0 Å². The Bertz CT molecular complexity index is 213. The molecule has 1 aliphatic rings. The van der Waals surface area contributed by atoms with E-state index in [1.54, 1.807) is 0 Å². The summed E-state index contributed by atoms with van der Waals surface area (Å²) in [5.41, 5.74) is 5.63. The molecule has 88 valence electrons. The molecule has 0 spiro atoms. The van der Waals surface area contributed by atoms with Crippen LogP contribution in [0.4, 0.5) is 0 Å². The highest BCUT2D eigenvalue weighted by molar-refractivity contribution is 5.76. The second-order valence-corrected chi connectivity index (χ2v) is 4.65. The van der Waals surface area contributed by atoms with Crippen molar-refractivity contribution in [3.8, 4) is 0 Å². The Morgan fingerprint density at radius 2 is 2.27 bits per heavy atom. The Hall–Kier alpha value is -0.610. The molecule has 1 fully saturated rings. The van der Waals surface area contributed by atoms with E-state index in [1.807, 2.05) is 13.8 Å². The van der Waals surface area contributed by atoms with Crippen LogP contribution in [0.2, 0.25) is 0 Å². The van der Waals surface area contributed by atoms with Gasteiger partial charge in [-0.1, -0.05) is 6.92 Å². The van der Waals surface area contributed by atoms with Gasteiger partial charge in [0.2, 0.25) is 5.91 Å². The molecule has 0 heterocycles. The maximum absolute atomic E-state index is 11.3. The highest BCUT2D eigenvalue weighted by atomic mass is 16.5. The van der Waals surface area contributed by atoms with Gasteiger partial charge in [0.05, 0.1) is 13.2 Å². The third-order valence-electron chi connectivity index (χ3n) is 2.66. The van der Waals surface area contributed by atoms with Crippen molar-refractivity contribution >= 4 is 5.91 Å². The van der Waals surface area contributed by atoms with Gasteiger partial charge in [-0.15, -0.1) is 0 Å². The van der Waals surface area contributed by atoms with Crippen molar-refractivity contribution in [2.75, 3.05) is 13.2 Å². The van der Waals surface area contributed by atoms with Gasteiger partial charge in [-0.3, -0.25) is 4.79 Å². The summed E-state index contributed by atoms with van der Waals surface area (Å²) in [5, 5.41) is 2.92. The molecule has 0 aromatic heterocycles. The van der Waals surface area contributed by atoms with Crippen molar-refractivity contribution in [2.45, 2.75) is 51.1 Å². The third kappa shape index (κ3) is 5.74. The van der Waals surface area contributed by atoms with Crippen LogP contribution in [0, 0.1) is 0 Å². The van der Waals surface area contributed by atoms with Crippen molar-refractivity contribution in [3.63, 3.8) is 0 Å². The van der Waals surface area contributed by atoms with Crippen LogP contribution in [0.1, 0.15) is 39.5 Å². The zero-order valence-corrected chi connectivity index (χ0v) is 9.71. The third-order valence-corrected chi connectivity index (χ3v) is 2.66. The maximum atomic E-state index is 11.3. The number of carbonyl (C=O) groups excluding carboxylic acids is 1. The first-order valence-electron chi connectivity index (χ1n) is 5.69. The summed E-state index contributed by atoms with van der Waals surface area (Å²) in [5.74, 6) is 0.0905. The number of hydrogen-bond donors (Lipinski definition) is 2. The highest BCUT2D eigenvalue weighted by Gasteiger charge is 2.23. The quantitative estimate of drug-likeness (QED) is 0.616. The summed E-state index contributed by atoms with van der Waals surface area (Å²) in [6.45, 7) is 4.96. The van der Waals surface area contributed by atoms with Crippen molar-refractivity contribution in [1.82, 2.24) is 5.32 Å². The summed E-state index contributed by atoms with van der Waals surface area (Å²) >= 11 is 0.